The van der Waals surface area contributed by atoms with E-state index in [2.05, 4.69) is 52.8 Å². The molecule has 0 amide bonds. The van der Waals surface area contributed by atoms with Gasteiger partial charge in [-0.1, -0.05) is 38.3 Å². The summed E-state index contributed by atoms with van der Waals surface area (Å²) in [6, 6.07) is 10.0. The summed E-state index contributed by atoms with van der Waals surface area (Å²) in [5.41, 5.74) is 2.39. The van der Waals surface area contributed by atoms with Crippen molar-refractivity contribution in [3.05, 3.63) is 29.8 Å². The van der Waals surface area contributed by atoms with Crippen LogP contribution < -0.4 is 4.72 Å². The third kappa shape index (κ3) is 7.08. The molecule has 1 aromatic carbocycles. The molecule has 4 rings (SSSR count). The summed E-state index contributed by atoms with van der Waals surface area (Å²) in [5.74, 6) is 0.708. The van der Waals surface area contributed by atoms with E-state index in [9.17, 15) is 4.21 Å². The predicted molar refractivity (Wildman–Crippen MR) is 126 cm³/mol. The zero-order chi connectivity index (χ0) is 20.5. The summed E-state index contributed by atoms with van der Waals surface area (Å²) >= 11 is 0. The Morgan fingerprint density at radius 1 is 0.931 bits per heavy atom. The van der Waals surface area contributed by atoms with Crippen LogP contribution >= 0.6 is 0 Å². The number of anilines is 1. The van der Waals surface area contributed by atoms with E-state index in [0.717, 1.165) is 18.2 Å². The number of nitrogens with one attached hydrogen (secondary N) is 1. The van der Waals surface area contributed by atoms with Crippen molar-refractivity contribution in [1.29, 1.82) is 0 Å². The summed E-state index contributed by atoms with van der Waals surface area (Å²) < 4.78 is 14.8. The molecule has 1 aromatic rings. The van der Waals surface area contributed by atoms with Gasteiger partial charge in [-0.2, -0.15) is 0 Å². The van der Waals surface area contributed by atoms with E-state index in [0.29, 0.717) is 11.8 Å². The Kier molecular flexibility index (Phi) is 9.47. The highest BCUT2D eigenvalue weighted by molar-refractivity contribution is 7.86. The Morgan fingerprint density at radius 3 is 2.31 bits per heavy atom. The van der Waals surface area contributed by atoms with Crippen LogP contribution in [0.5, 0.6) is 0 Å². The quantitative estimate of drug-likeness (QED) is 0.698. The topological polar surface area (TPSA) is 35.6 Å². The molecule has 3 aliphatic heterocycles. The third-order valence-corrected chi connectivity index (χ3v) is 7.84. The average Bonchev–Trinajstić information content (AvgIpc) is 3.01. The molecule has 0 aromatic heterocycles. The van der Waals surface area contributed by atoms with E-state index in [1.807, 2.05) is 0 Å². The van der Waals surface area contributed by atoms with Crippen LogP contribution in [-0.4, -0.2) is 52.5 Å². The van der Waals surface area contributed by atoms with Crippen molar-refractivity contribution in [2.24, 2.45) is 0 Å². The molecule has 29 heavy (non-hydrogen) atoms. The van der Waals surface area contributed by atoms with Crippen LogP contribution in [0.3, 0.4) is 0 Å². The van der Waals surface area contributed by atoms with Gasteiger partial charge < -0.3 is 9.62 Å². The smallest absolute Gasteiger partial charge is 0.117 e. The molecule has 3 heterocycles. The Morgan fingerprint density at radius 2 is 1.62 bits per heavy atom. The van der Waals surface area contributed by atoms with Gasteiger partial charge in [-0.3, -0.25) is 4.90 Å². The molecule has 4 nitrogen and oxygen atoms in total. The molecule has 0 bridgehead atoms. The maximum atomic E-state index is 11.7. The molecule has 5 heteroatoms. The summed E-state index contributed by atoms with van der Waals surface area (Å²) in [6.45, 7) is 5.95. The first-order valence-electron chi connectivity index (χ1n) is 11.9. The molecule has 3 fully saturated rings. The highest BCUT2D eigenvalue weighted by atomic mass is 32.2. The van der Waals surface area contributed by atoms with E-state index in [-0.39, 0.29) is 0 Å². The number of hydrogen-bond acceptors (Lipinski definition) is 3. The minimum absolute atomic E-state index is 0.602. The van der Waals surface area contributed by atoms with Crippen LogP contribution in [0.4, 0.5) is 5.69 Å². The van der Waals surface area contributed by atoms with Crippen molar-refractivity contribution in [3.8, 4) is 0 Å². The Bertz CT molecular complexity index is 613. The normalized spacial score (nSPS) is 26.7. The van der Waals surface area contributed by atoms with Crippen LogP contribution in [0.2, 0.25) is 0 Å². The molecule has 3 aliphatic rings. The van der Waals surface area contributed by atoms with Gasteiger partial charge in [0.25, 0.3) is 0 Å². The summed E-state index contributed by atoms with van der Waals surface area (Å²) in [7, 11) is 1.27. The first-order chi connectivity index (χ1) is 14.2. The molecule has 3 unspecified atom stereocenters. The van der Waals surface area contributed by atoms with Gasteiger partial charge in [0.15, 0.2) is 0 Å². The van der Waals surface area contributed by atoms with Gasteiger partial charge in [0, 0.05) is 23.5 Å². The summed E-state index contributed by atoms with van der Waals surface area (Å²) in [6.07, 6.45) is 13.4. The monoisotopic (exact) mass is 419 g/mol. The minimum atomic E-state index is -0.947. The number of nitrogens with zero attached hydrogens (tertiary/aromatic N) is 2. The number of likely N-dealkylation sites (tertiary alicyclic amines) is 1. The number of piperidine rings is 1. The molecule has 0 radical (unpaired) electrons. The number of fused-ring (bicyclic) bond motifs is 1. The molecule has 0 saturated carbocycles. The number of hydrogen-bond donors (Lipinski definition) is 1. The fourth-order valence-corrected chi connectivity index (χ4v) is 5.86. The van der Waals surface area contributed by atoms with Crippen LogP contribution in [0, 0.1) is 0 Å². The third-order valence-electron chi connectivity index (χ3n) is 6.59. The van der Waals surface area contributed by atoms with Crippen molar-refractivity contribution in [2.45, 2.75) is 83.2 Å². The first kappa shape index (κ1) is 22.8. The first-order valence-corrected chi connectivity index (χ1v) is 13.2. The Labute approximate surface area is 181 Å². The Hall–Kier alpha value is -0.910. The van der Waals surface area contributed by atoms with Crippen molar-refractivity contribution >= 4 is 16.7 Å². The predicted octanol–water partition coefficient (Wildman–Crippen LogP) is 5.35. The largest absolute Gasteiger partial charge is 0.306 e. The molecule has 0 aliphatic carbocycles. The standard InChI is InChI=1S/C17H26N2OS.C7H15N/c1-2-13-21(20)18-15-8-6-14(7-9-15)17-11-10-16-5-3-4-12-19(16)17;1-8-6-4-2-3-5-7-8/h6-9,16-18H,2-5,10-13H2,1H3;2-7H2,1H3. The average molecular weight is 420 g/mol. The van der Waals surface area contributed by atoms with Crippen molar-refractivity contribution in [2.75, 3.05) is 37.2 Å². The van der Waals surface area contributed by atoms with Gasteiger partial charge in [0.05, 0.1) is 0 Å². The lowest BCUT2D eigenvalue weighted by atomic mass is 10.0. The van der Waals surface area contributed by atoms with E-state index >= 15 is 0 Å². The second-order valence-corrected chi connectivity index (χ2v) is 10.3. The van der Waals surface area contributed by atoms with Gasteiger partial charge in [0.2, 0.25) is 0 Å². The van der Waals surface area contributed by atoms with E-state index < -0.39 is 11.0 Å². The van der Waals surface area contributed by atoms with Crippen molar-refractivity contribution < 1.29 is 4.21 Å². The van der Waals surface area contributed by atoms with Crippen LogP contribution in [0.15, 0.2) is 24.3 Å². The number of benzene rings is 1. The lowest BCUT2D eigenvalue weighted by Crippen LogP contribution is -2.35. The molecular formula is C24H41N3OS. The molecule has 0 spiro atoms. The maximum absolute atomic E-state index is 11.7. The van der Waals surface area contributed by atoms with Gasteiger partial charge in [-0.05, 0) is 89.3 Å². The van der Waals surface area contributed by atoms with Crippen molar-refractivity contribution in [1.82, 2.24) is 9.80 Å². The van der Waals surface area contributed by atoms with Crippen LogP contribution in [0.25, 0.3) is 0 Å². The second-order valence-electron chi connectivity index (χ2n) is 8.97. The fourth-order valence-electron chi connectivity index (χ4n) is 4.99. The zero-order valence-corrected chi connectivity index (χ0v) is 19.4. The maximum Gasteiger partial charge on any atom is 0.117 e. The van der Waals surface area contributed by atoms with Crippen LogP contribution in [-0.2, 0) is 11.0 Å². The highest BCUT2D eigenvalue weighted by Crippen LogP contribution is 2.40. The lowest BCUT2D eigenvalue weighted by Gasteiger charge is -2.34. The number of rotatable bonds is 5. The second kappa shape index (κ2) is 12.1. The fraction of sp³-hybridized carbons (Fsp3) is 0.750. The SMILES string of the molecule is CCCS(=O)Nc1ccc(C2CCC3CCCCN32)cc1.CN1CCCCCC1. The van der Waals surface area contributed by atoms with Crippen molar-refractivity contribution in [3.63, 3.8) is 0 Å². The van der Waals surface area contributed by atoms with Gasteiger partial charge in [-0.15, -0.1) is 0 Å². The molecule has 3 atom stereocenters. The van der Waals surface area contributed by atoms with Gasteiger partial charge in [0.1, 0.15) is 11.0 Å². The minimum Gasteiger partial charge on any atom is -0.306 e. The summed E-state index contributed by atoms with van der Waals surface area (Å²) in [5, 5.41) is 0. The highest BCUT2D eigenvalue weighted by Gasteiger charge is 2.35. The van der Waals surface area contributed by atoms with Gasteiger partial charge >= 0.3 is 0 Å². The Balaban J connectivity index is 0.000000252. The molecular weight excluding hydrogens is 378 g/mol. The molecule has 1 N–H and O–H groups in total. The van der Waals surface area contributed by atoms with E-state index in [1.54, 1.807) is 0 Å². The molecule has 164 valence electrons. The van der Waals surface area contributed by atoms with E-state index in [1.165, 1.54) is 83.0 Å². The lowest BCUT2D eigenvalue weighted by molar-refractivity contribution is 0.150. The zero-order valence-electron chi connectivity index (χ0n) is 18.6. The van der Waals surface area contributed by atoms with E-state index in [4.69, 9.17) is 0 Å². The summed E-state index contributed by atoms with van der Waals surface area (Å²) in [4.78, 5) is 5.13. The van der Waals surface area contributed by atoms with Gasteiger partial charge in [-0.25, -0.2) is 4.21 Å². The van der Waals surface area contributed by atoms with Crippen LogP contribution in [0.1, 0.15) is 82.7 Å². The molecule has 3 saturated heterocycles.